The molecule has 1 aromatic heterocycles. The normalized spacial score (nSPS) is 18.2. The molecule has 0 bridgehead atoms. The second-order valence-corrected chi connectivity index (χ2v) is 9.50. The number of hydrogen-bond acceptors (Lipinski definition) is 8. The summed E-state index contributed by atoms with van der Waals surface area (Å²) < 4.78 is 5.52. The van der Waals surface area contributed by atoms with E-state index < -0.39 is 0 Å². The molecule has 9 nitrogen and oxygen atoms in total. The van der Waals surface area contributed by atoms with E-state index in [0.29, 0.717) is 32.7 Å². The van der Waals surface area contributed by atoms with Crippen LogP contribution in [0.5, 0.6) is 0 Å². The van der Waals surface area contributed by atoms with Gasteiger partial charge in [0, 0.05) is 62.8 Å². The minimum atomic E-state index is 0.0812. The Kier molecular flexibility index (Phi) is 8.76. The van der Waals surface area contributed by atoms with Crippen molar-refractivity contribution in [3.8, 4) is 0 Å². The molecule has 0 saturated carbocycles. The van der Waals surface area contributed by atoms with Gasteiger partial charge >= 0.3 is 0 Å². The van der Waals surface area contributed by atoms with E-state index in [2.05, 4.69) is 44.0 Å². The van der Waals surface area contributed by atoms with Crippen molar-refractivity contribution in [1.82, 2.24) is 14.9 Å². The Morgan fingerprint density at radius 2 is 1.91 bits per heavy atom. The fraction of sp³-hybridized carbons (Fsp3) is 0.577. The topological polar surface area (TPSA) is 114 Å². The van der Waals surface area contributed by atoms with Gasteiger partial charge in [0.15, 0.2) is 0 Å². The first-order valence-corrected chi connectivity index (χ1v) is 12.8. The zero-order valence-electron chi connectivity index (χ0n) is 20.9. The van der Waals surface area contributed by atoms with Crippen LogP contribution in [0.4, 0.5) is 17.5 Å². The number of amides is 1. The molecule has 0 radical (unpaired) electrons. The Bertz CT molecular complexity index is 960. The second-order valence-electron chi connectivity index (χ2n) is 9.50. The molecule has 2 saturated heterocycles. The van der Waals surface area contributed by atoms with Crippen molar-refractivity contribution in [3.63, 3.8) is 0 Å². The largest absolute Gasteiger partial charge is 0.380 e. The van der Waals surface area contributed by atoms with Crippen LogP contribution in [-0.2, 0) is 16.1 Å². The van der Waals surface area contributed by atoms with Crippen LogP contribution >= 0.6 is 0 Å². The van der Waals surface area contributed by atoms with Gasteiger partial charge in [-0.3, -0.25) is 4.79 Å². The first-order valence-electron chi connectivity index (χ1n) is 12.8. The number of carbonyl (C=O) groups excluding carboxylic acids is 1. The predicted molar refractivity (Wildman–Crippen MR) is 139 cm³/mol. The van der Waals surface area contributed by atoms with Crippen LogP contribution in [-0.4, -0.2) is 72.8 Å². The van der Waals surface area contributed by atoms with Gasteiger partial charge in [0.25, 0.3) is 0 Å². The van der Waals surface area contributed by atoms with Crippen molar-refractivity contribution >= 4 is 23.4 Å². The number of nitrogen functional groups attached to an aromatic ring is 1. The van der Waals surface area contributed by atoms with Crippen LogP contribution < -0.4 is 21.3 Å². The summed E-state index contributed by atoms with van der Waals surface area (Å²) in [5, 5.41) is 0. The van der Waals surface area contributed by atoms with Gasteiger partial charge in [-0.2, -0.15) is 4.98 Å². The number of piperidine rings is 1. The standard InChI is InChI=1S/C26H39N7O2/c1-20-16-24(30-26(28)29-20)32-13-5-8-23(19-32)33(25(34)9-14-35-15-10-27)18-21-6-4-7-22(17-21)31-11-2-3-12-31/h4,6-7,16-17,23H,2-3,5,8-15,18-19,27H2,1H3,(H2,28,29,30)/t23-/m1/s1. The molecule has 2 aliphatic heterocycles. The van der Waals surface area contributed by atoms with E-state index in [4.69, 9.17) is 16.2 Å². The average Bonchev–Trinajstić information content (AvgIpc) is 3.40. The SMILES string of the molecule is Cc1cc(N2CCC[C@@H](N(Cc3cccc(N4CCCC4)c3)C(=O)CCOCCN)C2)nc(N)n1. The van der Waals surface area contributed by atoms with Crippen molar-refractivity contribution in [1.29, 1.82) is 0 Å². The van der Waals surface area contributed by atoms with Crippen molar-refractivity contribution < 1.29 is 9.53 Å². The summed E-state index contributed by atoms with van der Waals surface area (Å²) >= 11 is 0. The molecule has 0 aliphatic carbocycles. The van der Waals surface area contributed by atoms with Crippen molar-refractivity contribution in [2.75, 3.05) is 61.5 Å². The van der Waals surface area contributed by atoms with Crippen molar-refractivity contribution in [3.05, 3.63) is 41.6 Å². The Morgan fingerprint density at radius 3 is 2.69 bits per heavy atom. The molecule has 1 atom stereocenters. The number of anilines is 3. The van der Waals surface area contributed by atoms with Gasteiger partial charge in [-0.05, 0) is 50.3 Å². The predicted octanol–water partition coefficient (Wildman–Crippen LogP) is 2.33. The van der Waals surface area contributed by atoms with E-state index in [1.165, 1.54) is 18.5 Å². The third kappa shape index (κ3) is 6.82. The lowest BCUT2D eigenvalue weighted by Crippen LogP contribution is -2.50. The van der Waals surface area contributed by atoms with Gasteiger partial charge < -0.3 is 30.9 Å². The van der Waals surface area contributed by atoms with Crippen LogP contribution in [0.1, 0.15) is 43.4 Å². The van der Waals surface area contributed by atoms with Crippen LogP contribution in [0.3, 0.4) is 0 Å². The zero-order chi connectivity index (χ0) is 24.6. The molecule has 1 amide bonds. The number of aromatic nitrogens is 2. The molecular formula is C26H39N7O2. The number of nitrogens with zero attached hydrogens (tertiary/aromatic N) is 5. The highest BCUT2D eigenvalue weighted by atomic mass is 16.5. The minimum absolute atomic E-state index is 0.0812. The monoisotopic (exact) mass is 481 g/mol. The number of benzene rings is 1. The van der Waals surface area contributed by atoms with E-state index in [1.54, 1.807) is 0 Å². The minimum Gasteiger partial charge on any atom is -0.380 e. The Hall–Kier alpha value is -2.91. The van der Waals surface area contributed by atoms with Gasteiger partial charge in [0.2, 0.25) is 11.9 Å². The summed E-state index contributed by atoms with van der Waals surface area (Å²) in [7, 11) is 0. The van der Waals surface area contributed by atoms with E-state index in [0.717, 1.165) is 56.1 Å². The quantitative estimate of drug-likeness (QED) is 0.497. The molecule has 2 aliphatic rings. The maximum atomic E-state index is 13.4. The molecule has 4 rings (SSSR count). The lowest BCUT2D eigenvalue weighted by molar-refractivity contribution is -0.135. The number of carbonyl (C=O) groups is 1. The third-order valence-electron chi connectivity index (χ3n) is 6.80. The fourth-order valence-electron chi connectivity index (χ4n) is 5.09. The molecule has 35 heavy (non-hydrogen) atoms. The Balaban J connectivity index is 1.51. The smallest absolute Gasteiger partial charge is 0.225 e. The van der Waals surface area contributed by atoms with Crippen molar-refractivity contribution in [2.45, 2.75) is 51.6 Å². The second kappa shape index (κ2) is 12.2. The number of ether oxygens (including phenoxy) is 1. The summed E-state index contributed by atoms with van der Waals surface area (Å²) in [6.07, 6.45) is 4.76. The maximum Gasteiger partial charge on any atom is 0.225 e. The van der Waals surface area contributed by atoms with E-state index in [-0.39, 0.29) is 17.9 Å². The van der Waals surface area contributed by atoms with E-state index in [9.17, 15) is 4.79 Å². The average molecular weight is 482 g/mol. The van der Waals surface area contributed by atoms with Gasteiger partial charge in [-0.15, -0.1) is 0 Å². The molecule has 0 spiro atoms. The third-order valence-corrected chi connectivity index (χ3v) is 6.80. The highest BCUT2D eigenvalue weighted by molar-refractivity contribution is 5.77. The molecular weight excluding hydrogens is 442 g/mol. The summed E-state index contributed by atoms with van der Waals surface area (Å²) in [6, 6.07) is 10.7. The van der Waals surface area contributed by atoms with E-state index in [1.807, 2.05) is 17.9 Å². The molecule has 2 aromatic rings. The molecule has 9 heteroatoms. The van der Waals surface area contributed by atoms with Crippen molar-refractivity contribution in [2.24, 2.45) is 5.73 Å². The van der Waals surface area contributed by atoms with Crippen LogP contribution in [0, 0.1) is 6.92 Å². The first-order chi connectivity index (χ1) is 17.0. The first kappa shape index (κ1) is 25.2. The van der Waals surface area contributed by atoms with Gasteiger partial charge in [-0.1, -0.05) is 12.1 Å². The highest BCUT2D eigenvalue weighted by Crippen LogP contribution is 2.26. The summed E-state index contributed by atoms with van der Waals surface area (Å²) in [5.74, 6) is 1.22. The van der Waals surface area contributed by atoms with E-state index >= 15 is 0 Å². The van der Waals surface area contributed by atoms with Crippen LogP contribution in [0.2, 0.25) is 0 Å². The Morgan fingerprint density at radius 1 is 1.11 bits per heavy atom. The van der Waals surface area contributed by atoms with Gasteiger partial charge in [-0.25, -0.2) is 4.98 Å². The zero-order valence-corrected chi connectivity index (χ0v) is 20.9. The van der Waals surface area contributed by atoms with Crippen LogP contribution in [0.15, 0.2) is 30.3 Å². The maximum absolute atomic E-state index is 13.4. The number of nitrogens with two attached hydrogens (primary N) is 2. The number of rotatable bonds is 10. The molecule has 1 aromatic carbocycles. The van der Waals surface area contributed by atoms with Crippen LogP contribution in [0.25, 0.3) is 0 Å². The summed E-state index contributed by atoms with van der Waals surface area (Å²) in [5.41, 5.74) is 14.7. The van der Waals surface area contributed by atoms with Gasteiger partial charge in [0.05, 0.1) is 19.6 Å². The summed E-state index contributed by atoms with van der Waals surface area (Å²) in [4.78, 5) is 28.8. The van der Waals surface area contributed by atoms with Gasteiger partial charge in [0.1, 0.15) is 5.82 Å². The number of aryl methyl sites for hydroxylation is 1. The molecule has 2 fully saturated rings. The molecule has 0 unspecified atom stereocenters. The lowest BCUT2D eigenvalue weighted by atomic mass is 10.0. The molecule has 190 valence electrons. The fourth-order valence-corrected chi connectivity index (χ4v) is 5.09. The molecule has 3 heterocycles. The number of hydrogen-bond donors (Lipinski definition) is 2. The molecule has 4 N–H and O–H groups in total. The highest BCUT2D eigenvalue weighted by Gasteiger charge is 2.29. The Labute approximate surface area is 208 Å². The lowest BCUT2D eigenvalue weighted by Gasteiger charge is -2.40. The summed E-state index contributed by atoms with van der Waals surface area (Å²) in [6.45, 7) is 7.63.